The third-order valence-corrected chi connectivity index (χ3v) is 4.61. The lowest BCUT2D eigenvalue weighted by Crippen LogP contribution is -2.49. The summed E-state index contributed by atoms with van der Waals surface area (Å²) < 4.78 is 5.37. The summed E-state index contributed by atoms with van der Waals surface area (Å²) in [4.78, 5) is 24.5. The van der Waals surface area contributed by atoms with Crippen LogP contribution in [-0.4, -0.2) is 54.1 Å². The molecule has 1 fully saturated rings. The first-order valence-electron chi connectivity index (χ1n) is 8.37. The Bertz CT molecular complexity index is 883. The van der Waals surface area contributed by atoms with Gasteiger partial charge in [-0.05, 0) is 30.3 Å². The fourth-order valence-electron chi connectivity index (χ4n) is 3.27. The topological polar surface area (TPSA) is 61.5 Å². The van der Waals surface area contributed by atoms with Crippen LogP contribution in [0.4, 0.5) is 5.82 Å². The van der Waals surface area contributed by atoms with Gasteiger partial charge in [-0.1, -0.05) is 12.1 Å². The molecule has 1 N–H and O–H groups in total. The van der Waals surface area contributed by atoms with Crippen LogP contribution in [0.1, 0.15) is 10.5 Å². The van der Waals surface area contributed by atoms with Gasteiger partial charge >= 0.3 is 0 Å². The number of carbonyl (C=O) groups excluding carboxylic acids is 1. The zero-order valence-electron chi connectivity index (χ0n) is 14.1. The Morgan fingerprint density at radius 3 is 2.68 bits per heavy atom. The quantitative estimate of drug-likeness (QED) is 0.798. The number of amides is 1. The van der Waals surface area contributed by atoms with E-state index < -0.39 is 0 Å². The minimum Gasteiger partial charge on any atom is -0.496 e. The van der Waals surface area contributed by atoms with Gasteiger partial charge in [0.05, 0.1) is 7.11 Å². The van der Waals surface area contributed by atoms with Crippen molar-refractivity contribution in [2.75, 3.05) is 38.2 Å². The van der Waals surface area contributed by atoms with E-state index in [0.29, 0.717) is 18.8 Å². The number of ether oxygens (including phenoxy) is 1. The van der Waals surface area contributed by atoms with Gasteiger partial charge in [-0.25, -0.2) is 4.98 Å². The number of anilines is 1. The largest absolute Gasteiger partial charge is 0.496 e. The molecule has 1 amide bonds. The smallest absolute Gasteiger partial charge is 0.270 e. The standard InChI is InChI=1S/C19H20N4O2/c1-25-17-6-4-5-15-14(17)13-16(21-15)19(24)23-11-9-22(10-12-23)18-7-2-3-8-20-18/h2-8,13,21H,9-12H2,1H3. The van der Waals surface area contributed by atoms with Gasteiger partial charge in [0, 0.05) is 43.3 Å². The monoisotopic (exact) mass is 336 g/mol. The van der Waals surface area contributed by atoms with Gasteiger partial charge in [0.15, 0.2) is 0 Å². The molecule has 6 nitrogen and oxygen atoms in total. The predicted molar refractivity (Wildman–Crippen MR) is 97.2 cm³/mol. The molecule has 0 aliphatic carbocycles. The van der Waals surface area contributed by atoms with Gasteiger partial charge in [-0.15, -0.1) is 0 Å². The summed E-state index contributed by atoms with van der Waals surface area (Å²) >= 11 is 0. The summed E-state index contributed by atoms with van der Waals surface area (Å²) in [5.41, 5.74) is 1.51. The van der Waals surface area contributed by atoms with Crippen molar-refractivity contribution in [3.8, 4) is 5.75 Å². The van der Waals surface area contributed by atoms with E-state index in [1.807, 2.05) is 47.4 Å². The number of piperazine rings is 1. The lowest BCUT2D eigenvalue weighted by molar-refractivity contribution is 0.0741. The minimum absolute atomic E-state index is 0.0268. The molecule has 3 heterocycles. The molecule has 1 aliphatic heterocycles. The lowest BCUT2D eigenvalue weighted by atomic mass is 10.2. The fraction of sp³-hybridized carbons (Fsp3) is 0.263. The van der Waals surface area contributed by atoms with Crippen molar-refractivity contribution in [3.05, 3.63) is 54.4 Å². The van der Waals surface area contributed by atoms with Crippen LogP contribution in [-0.2, 0) is 0 Å². The average molecular weight is 336 g/mol. The molecule has 25 heavy (non-hydrogen) atoms. The van der Waals surface area contributed by atoms with Crippen LogP contribution >= 0.6 is 0 Å². The van der Waals surface area contributed by atoms with Gasteiger partial charge in [-0.2, -0.15) is 0 Å². The van der Waals surface area contributed by atoms with Crippen LogP contribution in [0.3, 0.4) is 0 Å². The van der Waals surface area contributed by atoms with Gasteiger partial charge in [0.25, 0.3) is 5.91 Å². The Kier molecular flexibility index (Phi) is 4.01. The molecule has 1 aliphatic rings. The normalized spacial score (nSPS) is 14.8. The van der Waals surface area contributed by atoms with Crippen LogP contribution in [0.5, 0.6) is 5.75 Å². The maximum atomic E-state index is 12.8. The fourth-order valence-corrected chi connectivity index (χ4v) is 3.27. The predicted octanol–water partition coefficient (Wildman–Crippen LogP) is 2.53. The summed E-state index contributed by atoms with van der Waals surface area (Å²) in [5.74, 6) is 1.76. The Morgan fingerprint density at radius 2 is 1.96 bits per heavy atom. The highest BCUT2D eigenvalue weighted by atomic mass is 16.5. The van der Waals surface area contributed by atoms with Crippen molar-refractivity contribution in [2.45, 2.75) is 0 Å². The van der Waals surface area contributed by atoms with E-state index in [1.54, 1.807) is 13.3 Å². The molecule has 0 spiro atoms. The first-order valence-corrected chi connectivity index (χ1v) is 8.37. The van der Waals surface area contributed by atoms with Crippen molar-refractivity contribution >= 4 is 22.6 Å². The van der Waals surface area contributed by atoms with Crippen LogP contribution in [0, 0.1) is 0 Å². The number of nitrogens with zero attached hydrogens (tertiary/aromatic N) is 3. The molecular formula is C19H20N4O2. The zero-order valence-corrected chi connectivity index (χ0v) is 14.1. The highest BCUT2D eigenvalue weighted by molar-refractivity contribution is 5.99. The molecule has 0 atom stereocenters. The number of benzene rings is 1. The molecule has 1 aromatic carbocycles. The van der Waals surface area contributed by atoms with Crippen molar-refractivity contribution in [3.63, 3.8) is 0 Å². The summed E-state index contributed by atoms with van der Waals surface area (Å²) in [7, 11) is 1.64. The van der Waals surface area contributed by atoms with E-state index in [0.717, 1.165) is 35.6 Å². The molecule has 128 valence electrons. The first kappa shape index (κ1) is 15.5. The third-order valence-electron chi connectivity index (χ3n) is 4.61. The Hall–Kier alpha value is -3.02. The van der Waals surface area contributed by atoms with Crippen LogP contribution in [0.15, 0.2) is 48.7 Å². The first-order chi connectivity index (χ1) is 12.3. The molecule has 0 radical (unpaired) electrons. The zero-order chi connectivity index (χ0) is 17.2. The highest BCUT2D eigenvalue weighted by Crippen LogP contribution is 2.26. The number of rotatable bonds is 3. The van der Waals surface area contributed by atoms with Gasteiger partial charge in [0.1, 0.15) is 17.3 Å². The molecule has 6 heteroatoms. The lowest BCUT2D eigenvalue weighted by Gasteiger charge is -2.35. The summed E-state index contributed by atoms with van der Waals surface area (Å²) in [6.45, 7) is 2.93. The SMILES string of the molecule is COc1cccc2[nH]c(C(=O)N3CCN(c4ccccn4)CC3)cc12. The number of hydrogen-bond acceptors (Lipinski definition) is 4. The second kappa shape index (κ2) is 6.47. The number of hydrogen-bond donors (Lipinski definition) is 1. The Labute approximate surface area is 146 Å². The third kappa shape index (κ3) is 2.91. The van der Waals surface area contributed by atoms with E-state index in [9.17, 15) is 4.79 Å². The van der Waals surface area contributed by atoms with Gasteiger partial charge in [-0.3, -0.25) is 4.79 Å². The van der Waals surface area contributed by atoms with Crippen LogP contribution in [0.25, 0.3) is 10.9 Å². The maximum Gasteiger partial charge on any atom is 0.270 e. The second-order valence-electron chi connectivity index (χ2n) is 6.07. The van der Waals surface area contributed by atoms with Gasteiger partial charge < -0.3 is 19.5 Å². The molecule has 2 aromatic heterocycles. The summed E-state index contributed by atoms with van der Waals surface area (Å²) in [6.07, 6.45) is 1.80. The van der Waals surface area contributed by atoms with Crippen molar-refractivity contribution in [1.29, 1.82) is 0 Å². The number of aromatic amines is 1. The van der Waals surface area contributed by atoms with E-state index in [-0.39, 0.29) is 5.91 Å². The minimum atomic E-state index is 0.0268. The highest BCUT2D eigenvalue weighted by Gasteiger charge is 2.24. The molecule has 0 saturated carbocycles. The number of carbonyl (C=O) groups is 1. The number of methoxy groups -OCH3 is 1. The number of aromatic nitrogens is 2. The molecule has 4 rings (SSSR count). The summed E-state index contributed by atoms with van der Waals surface area (Å²) in [6, 6.07) is 13.5. The number of H-pyrrole nitrogens is 1. The van der Waals surface area contributed by atoms with Crippen LogP contribution in [0.2, 0.25) is 0 Å². The molecule has 0 unspecified atom stereocenters. The number of pyridine rings is 1. The average Bonchev–Trinajstić information content (AvgIpc) is 3.12. The molecule has 3 aromatic rings. The van der Waals surface area contributed by atoms with Crippen molar-refractivity contribution in [1.82, 2.24) is 14.9 Å². The van der Waals surface area contributed by atoms with E-state index in [4.69, 9.17) is 4.74 Å². The molecule has 0 bridgehead atoms. The van der Waals surface area contributed by atoms with Gasteiger partial charge in [0.2, 0.25) is 0 Å². The van der Waals surface area contributed by atoms with E-state index in [2.05, 4.69) is 14.9 Å². The second-order valence-corrected chi connectivity index (χ2v) is 6.07. The number of nitrogens with one attached hydrogen (secondary N) is 1. The Balaban J connectivity index is 1.49. The number of fused-ring (bicyclic) bond motifs is 1. The Morgan fingerprint density at radius 1 is 1.12 bits per heavy atom. The summed E-state index contributed by atoms with van der Waals surface area (Å²) in [5, 5.41) is 0.931. The van der Waals surface area contributed by atoms with Crippen LogP contribution < -0.4 is 9.64 Å². The van der Waals surface area contributed by atoms with E-state index >= 15 is 0 Å². The molecule has 1 saturated heterocycles. The van der Waals surface area contributed by atoms with Crippen molar-refractivity contribution in [2.24, 2.45) is 0 Å². The van der Waals surface area contributed by atoms with Crippen molar-refractivity contribution < 1.29 is 9.53 Å². The molecular weight excluding hydrogens is 316 g/mol. The van der Waals surface area contributed by atoms with E-state index in [1.165, 1.54) is 0 Å². The maximum absolute atomic E-state index is 12.8.